The van der Waals surface area contributed by atoms with Crippen LogP contribution in [0.1, 0.15) is 27.0 Å². The maximum Gasteiger partial charge on any atom is 0.257 e. The van der Waals surface area contributed by atoms with Crippen LogP contribution in [0.2, 0.25) is 0 Å². The Morgan fingerprint density at radius 2 is 1.95 bits per heavy atom. The van der Waals surface area contributed by atoms with Crippen LogP contribution in [-0.4, -0.2) is 5.91 Å². The number of nitriles is 1. The number of nitrogens with two attached hydrogens (primary N) is 1. The monoisotopic (exact) mass is 265 g/mol. The molecule has 0 atom stereocenters. The van der Waals surface area contributed by atoms with Crippen molar-refractivity contribution in [3.05, 3.63) is 58.7 Å². The van der Waals surface area contributed by atoms with Gasteiger partial charge in [-0.1, -0.05) is 18.2 Å². The molecule has 0 heterocycles. The predicted molar refractivity (Wildman–Crippen MR) is 79.4 cm³/mol. The molecule has 0 aliphatic carbocycles. The van der Waals surface area contributed by atoms with Gasteiger partial charge in [0.15, 0.2) is 0 Å². The number of rotatable bonds is 2. The number of aryl methyl sites for hydroxylation is 2. The van der Waals surface area contributed by atoms with Crippen molar-refractivity contribution in [2.45, 2.75) is 13.8 Å². The number of benzene rings is 2. The number of nitrogens with one attached hydrogen (secondary N) is 1. The Labute approximate surface area is 117 Å². The van der Waals surface area contributed by atoms with Crippen molar-refractivity contribution >= 4 is 17.3 Å². The van der Waals surface area contributed by atoms with Gasteiger partial charge in [0.2, 0.25) is 0 Å². The van der Waals surface area contributed by atoms with Gasteiger partial charge in [0.1, 0.15) is 0 Å². The minimum absolute atomic E-state index is 0.274. The summed E-state index contributed by atoms with van der Waals surface area (Å²) in [4.78, 5) is 12.3. The third-order valence-electron chi connectivity index (χ3n) is 3.18. The highest BCUT2D eigenvalue weighted by atomic mass is 16.1. The summed E-state index contributed by atoms with van der Waals surface area (Å²) in [6.45, 7) is 3.73. The number of hydrogen-bond acceptors (Lipinski definition) is 3. The first-order chi connectivity index (χ1) is 9.52. The zero-order valence-corrected chi connectivity index (χ0v) is 11.4. The van der Waals surface area contributed by atoms with Crippen LogP contribution in [0.25, 0.3) is 0 Å². The highest BCUT2D eigenvalue weighted by Crippen LogP contribution is 2.21. The topological polar surface area (TPSA) is 78.9 Å². The fourth-order valence-corrected chi connectivity index (χ4v) is 1.89. The number of nitrogen functional groups attached to an aromatic ring is 1. The van der Waals surface area contributed by atoms with Gasteiger partial charge in [-0.2, -0.15) is 5.26 Å². The van der Waals surface area contributed by atoms with Gasteiger partial charge in [-0.05, 0) is 43.2 Å². The van der Waals surface area contributed by atoms with Crippen LogP contribution in [0.4, 0.5) is 11.4 Å². The molecule has 2 aromatic carbocycles. The first-order valence-electron chi connectivity index (χ1n) is 6.20. The van der Waals surface area contributed by atoms with E-state index < -0.39 is 0 Å². The number of anilines is 2. The lowest BCUT2D eigenvalue weighted by Crippen LogP contribution is -2.15. The third-order valence-corrected chi connectivity index (χ3v) is 3.18. The molecule has 0 aromatic heterocycles. The quantitative estimate of drug-likeness (QED) is 0.819. The number of carbonyl (C=O) groups excluding carboxylic acids is 1. The fraction of sp³-hybridized carbons (Fsp3) is 0.125. The molecule has 2 aromatic rings. The van der Waals surface area contributed by atoms with Gasteiger partial charge in [-0.3, -0.25) is 4.79 Å². The molecule has 0 bridgehead atoms. The molecule has 0 aliphatic rings. The summed E-state index contributed by atoms with van der Waals surface area (Å²) in [5.74, 6) is -0.274. The van der Waals surface area contributed by atoms with Crippen molar-refractivity contribution in [2.75, 3.05) is 11.1 Å². The van der Waals surface area contributed by atoms with E-state index in [-0.39, 0.29) is 5.91 Å². The lowest BCUT2D eigenvalue weighted by Gasteiger charge is -2.11. The summed E-state index contributed by atoms with van der Waals surface area (Å²) in [6, 6.07) is 12.5. The van der Waals surface area contributed by atoms with Gasteiger partial charge in [-0.25, -0.2) is 0 Å². The zero-order chi connectivity index (χ0) is 14.7. The van der Waals surface area contributed by atoms with Crippen molar-refractivity contribution in [3.8, 4) is 6.07 Å². The van der Waals surface area contributed by atoms with Crippen LogP contribution in [0.15, 0.2) is 36.4 Å². The van der Waals surface area contributed by atoms with E-state index in [0.29, 0.717) is 22.5 Å². The number of amides is 1. The Kier molecular flexibility index (Phi) is 3.72. The highest BCUT2D eigenvalue weighted by molar-refractivity contribution is 6.08. The zero-order valence-electron chi connectivity index (χ0n) is 11.4. The Morgan fingerprint density at radius 1 is 1.20 bits per heavy atom. The van der Waals surface area contributed by atoms with Gasteiger partial charge in [-0.15, -0.1) is 0 Å². The van der Waals surface area contributed by atoms with Gasteiger partial charge in [0, 0.05) is 11.4 Å². The second kappa shape index (κ2) is 5.45. The Morgan fingerprint density at radius 3 is 2.65 bits per heavy atom. The van der Waals surface area contributed by atoms with Gasteiger partial charge in [0.25, 0.3) is 5.91 Å². The van der Waals surface area contributed by atoms with Crippen LogP contribution >= 0.6 is 0 Å². The summed E-state index contributed by atoms with van der Waals surface area (Å²) in [5, 5.41) is 11.7. The molecule has 0 saturated carbocycles. The third kappa shape index (κ3) is 2.62. The molecule has 0 aliphatic heterocycles. The number of hydrogen-bond donors (Lipinski definition) is 2. The van der Waals surface area contributed by atoms with Crippen LogP contribution in [0.3, 0.4) is 0 Å². The SMILES string of the molecule is Cc1ccc(C#N)cc1NC(=O)c1cccc(C)c1N. The van der Waals surface area contributed by atoms with E-state index in [2.05, 4.69) is 11.4 Å². The molecular formula is C16H15N3O. The normalized spacial score (nSPS) is 9.85. The first-order valence-corrected chi connectivity index (χ1v) is 6.20. The molecule has 0 saturated heterocycles. The number of carbonyl (C=O) groups is 1. The van der Waals surface area contributed by atoms with Crippen molar-refractivity contribution in [1.29, 1.82) is 5.26 Å². The molecule has 4 nitrogen and oxygen atoms in total. The molecule has 4 heteroatoms. The molecular weight excluding hydrogens is 250 g/mol. The molecule has 0 unspecified atom stereocenters. The van der Waals surface area contributed by atoms with Crippen molar-refractivity contribution in [1.82, 2.24) is 0 Å². The molecule has 2 rings (SSSR count). The van der Waals surface area contributed by atoms with E-state index >= 15 is 0 Å². The Balaban J connectivity index is 2.33. The molecule has 3 N–H and O–H groups in total. The molecule has 1 amide bonds. The van der Waals surface area contributed by atoms with Crippen LogP contribution in [-0.2, 0) is 0 Å². The summed E-state index contributed by atoms with van der Waals surface area (Å²) in [6.07, 6.45) is 0. The maximum absolute atomic E-state index is 12.3. The Bertz CT molecular complexity index is 714. The van der Waals surface area contributed by atoms with Crippen molar-refractivity contribution < 1.29 is 4.79 Å². The van der Waals surface area contributed by atoms with E-state index in [1.165, 1.54) is 0 Å². The standard InChI is InChI=1S/C16H15N3O/c1-10-6-7-12(9-17)8-14(10)19-16(20)13-5-3-4-11(2)15(13)18/h3-8H,18H2,1-2H3,(H,19,20). The molecule has 20 heavy (non-hydrogen) atoms. The summed E-state index contributed by atoms with van der Waals surface area (Å²) in [7, 11) is 0. The van der Waals surface area contributed by atoms with Crippen LogP contribution in [0.5, 0.6) is 0 Å². The van der Waals surface area contributed by atoms with Gasteiger partial charge in [0.05, 0.1) is 17.2 Å². The van der Waals surface area contributed by atoms with E-state index in [1.54, 1.807) is 30.3 Å². The molecule has 0 radical (unpaired) electrons. The average molecular weight is 265 g/mol. The van der Waals surface area contributed by atoms with Crippen molar-refractivity contribution in [2.24, 2.45) is 0 Å². The average Bonchev–Trinajstić information content (AvgIpc) is 2.44. The van der Waals surface area contributed by atoms with Gasteiger partial charge < -0.3 is 11.1 Å². The predicted octanol–water partition coefficient (Wildman–Crippen LogP) is 3.01. The van der Waals surface area contributed by atoms with Crippen LogP contribution in [0, 0.1) is 25.2 Å². The second-order valence-electron chi connectivity index (χ2n) is 4.63. The molecule has 0 fully saturated rings. The minimum Gasteiger partial charge on any atom is -0.398 e. The van der Waals surface area contributed by atoms with E-state index in [9.17, 15) is 4.79 Å². The maximum atomic E-state index is 12.3. The van der Waals surface area contributed by atoms with Crippen LogP contribution < -0.4 is 11.1 Å². The number of para-hydroxylation sites is 1. The van der Waals surface area contributed by atoms with Gasteiger partial charge >= 0.3 is 0 Å². The minimum atomic E-state index is -0.274. The fourth-order valence-electron chi connectivity index (χ4n) is 1.89. The lowest BCUT2D eigenvalue weighted by atomic mass is 10.1. The second-order valence-corrected chi connectivity index (χ2v) is 4.63. The largest absolute Gasteiger partial charge is 0.398 e. The van der Waals surface area contributed by atoms with E-state index in [4.69, 9.17) is 11.0 Å². The summed E-state index contributed by atoms with van der Waals surface area (Å²) in [5.41, 5.74) is 9.70. The lowest BCUT2D eigenvalue weighted by molar-refractivity contribution is 0.102. The first kappa shape index (κ1) is 13.6. The Hall–Kier alpha value is -2.80. The number of nitrogens with zero attached hydrogens (tertiary/aromatic N) is 1. The smallest absolute Gasteiger partial charge is 0.257 e. The van der Waals surface area contributed by atoms with E-state index in [0.717, 1.165) is 11.1 Å². The summed E-state index contributed by atoms with van der Waals surface area (Å²) < 4.78 is 0. The highest BCUT2D eigenvalue weighted by Gasteiger charge is 2.12. The summed E-state index contributed by atoms with van der Waals surface area (Å²) >= 11 is 0. The van der Waals surface area contributed by atoms with Crippen molar-refractivity contribution in [3.63, 3.8) is 0 Å². The van der Waals surface area contributed by atoms with E-state index in [1.807, 2.05) is 19.9 Å². The molecule has 100 valence electrons. The molecule has 0 spiro atoms.